The maximum absolute atomic E-state index is 11.1. The molecule has 0 spiro atoms. The molecular weight excluding hydrogens is 244 g/mol. The van der Waals surface area contributed by atoms with E-state index in [-0.39, 0.29) is 5.97 Å². The molecule has 1 saturated carbocycles. The highest BCUT2D eigenvalue weighted by molar-refractivity contribution is 5.69. The molecule has 0 atom stereocenters. The van der Waals surface area contributed by atoms with Crippen molar-refractivity contribution < 1.29 is 14.6 Å². The lowest BCUT2D eigenvalue weighted by Gasteiger charge is -2.38. The van der Waals surface area contributed by atoms with Crippen molar-refractivity contribution in [3.63, 3.8) is 0 Å². The number of ether oxygens (including phenoxy) is 1. The first-order valence-corrected chi connectivity index (χ1v) is 7.35. The van der Waals surface area contributed by atoms with Crippen molar-refractivity contribution in [2.24, 2.45) is 0 Å². The van der Waals surface area contributed by atoms with Crippen LogP contribution >= 0.6 is 0 Å². The summed E-state index contributed by atoms with van der Waals surface area (Å²) in [6.07, 6.45) is 4.71. The van der Waals surface area contributed by atoms with Gasteiger partial charge in [0.05, 0.1) is 19.1 Å². The van der Waals surface area contributed by atoms with Gasteiger partial charge in [0.1, 0.15) is 0 Å². The van der Waals surface area contributed by atoms with E-state index in [1.807, 2.05) is 0 Å². The zero-order valence-electron chi connectivity index (χ0n) is 11.9. The van der Waals surface area contributed by atoms with Gasteiger partial charge in [-0.15, -0.1) is 0 Å². The third-order valence-corrected chi connectivity index (χ3v) is 4.38. The van der Waals surface area contributed by atoms with Crippen LogP contribution in [0.15, 0.2) is 0 Å². The van der Waals surface area contributed by atoms with E-state index in [2.05, 4.69) is 14.5 Å². The van der Waals surface area contributed by atoms with Crippen molar-refractivity contribution >= 4 is 5.97 Å². The minimum absolute atomic E-state index is 0.136. The number of β-amino-alcohol motifs (C(OH)–C–C–N with tert-alkyl or cyclic N) is 1. The average Bonchev–Trinajstić information content (AvgIpc) is 2.84. The van der Waals surface area contributed by atoms with Gasteiger partial charge in [0.2, 0.25) is 0 Å². The Morgan fingerprint density at radius 1 is 1.16 bits per heavy atom. The second-order valence-corrected chi connectivity index (χ2v) is 5.88. The highest BCUT2D eigenvalue weighted by Gasteiger charge is 2.33. The normalized spacial score (nSPS) is 24.5. The third-order valence-electron chi connectivity index (χ3n) is 4.38. The molecule has 0 bridgehead atoms. The zero-order chi connectivity index (χ0) is 13.7. The molecule has 1 aliphatic heterocycles. The summed E-state index contributed by atoms with van der Waals surface area (Å²) in [5.74, 6) is -0.136. The Labute approximate surface area is 115 Å². The summed E-state index contributed by atoms with van der Waals surface area (Å²) in [4.78, 5) is 15.8. The second-order valence-electron chi connectivity index (χ2n) is 5.88. The number of aliphatic hydroxyl groups is 1. The van der Waals surface area contributed by atoms with Crippen LogP contribution in [0.3, 0.4) is 0 Å². The number of methoxy groups -OCH3 is 1. The summed E-state index contributed by atoms with van der Waals surface area (Å²) in [5.41, 5.74) is -0.436. The van der Waals surface area contributed by atoms with Gasteiger partial charge in [0.15, 0.2) is 0 Å². The highest BCUT2D eigenvalue weighted by atomic mass is 16.5. The van der Waals surface area contributed by atoms with Crippen molar-refractivity contribution in [3.8, 4) is 0 Å². The minimum Gasteiger partial charge on any atom is -0.469 e. The van der Waals surface area contributed by atoms with E-state index < -0.39 is 5.60 Å². The molecule has 1 saturated heterocycles. The summed E-state index contributed by atoms with van der Waals surface area (Å²) in [5, 5.41) is 10.4. The molecule has 0 amide bonds. The molecule has 0 aromatic carbocycles. The van der Waals surface area contributed by atoms with Crippen LogP contribution in [-0.4, -0.2) is 72.9 Å². The molecule has 0 aromatic heterocycles. The number of hydrogen-bond donors (Lipinski definition) is 1. The molecule has 0 aromatic rings. The van der Waals surface area contributed by atoms with Gasteiger partial charge >= 0.3 is 5.97 Å². The fraction of sp³-hybridized carbons (Fsp3) is 0.929. The van der Waals surface area contributed by atoms with Gasteiger partial charge in [0.25, 0.3) is 0 Å². The summed E-state index contributed by atoms with van der Waals surface area (Å²) < 4.78 is 4.66. The van der Waals surface area contributed by atoms with E-state index in [1.54, 1.807) is 0 Å². The van der Waals surface area contributed by atoms with Crippen LogP contribution in [0.4, 0.5) is 0 Å². The van der Waals surface area contributed by atoms with Crippen molar-refractivity contribution in [2.45, 2.75) is 37.7 Å². The van der Waals surface area contributed by atoms with Crippen molar-refractivity contribution in [3.05, 3.63) is 0 Å². The number of carbonyl (C=O) groups excluding carboxylic acids is 1. The quantitative estimate of drug-likeness (QED) is 0.736. The lowest BCUT2D eigenvalue weighted by atomic mass is 10.0. The predicted molar refractivity (Wildman–Crippen MR) is 72.9 cm³/mol. The van der Waals surface area contributed by atoms with E-state index in [4.69, 9.17) is 0 Å². The number of rotatable bonds is 5. The minimum atomic E-state index is -0.436. The Bertz CT molecular complexity index is 295. The Hall–Kier alpha value is -0.650. The second kappa shape index (κ2) is 6.68. The maximum atomic E-state index is 11.1. The first-order chi connectivity index (χ1) is 9.11. The van der Waals surface area contributed by atoms with Crippen LogP contribution in [-0.2, 0) is 9.53 Å². The molecule has 5 nitrogen and oxygen atoms in total. The molecule has 2 aliphatic rings. The van der Waals surface area contributed by atoms with E-state index in [9.17, 15) is 9.90 Å². The van der Waals surface area contributed by atoms with Crippen LogP contribution in [0.25, 0.3) is 0 Å². The summed E-state index contributed by atoms with van der Waals surface area (Å²) in [7, 11) is 1.43. The van der Waals surface area contributed by atoms with E-state index in [1.165, 1.54) is 7.11 Å². The maximum Gasteiger partial charge on any atom is 0.306 e. The van der Waals surface area contributed by atoms with E-state index in [0.717, 1.165) is 65.0 Å². The molecule has 1 N–H and O–H groups in total. The first-order valence-electron chi connectivity index (χ1n) is 7.35. The number of carbonyl (C=O) groups is 1. The van der Waals surface area contributed by atoms with Gasteiger partial charge in [0, 0.05) is 39.3 Å². The number of hydrogen-bond acceptors (Lipinski definition) is 5. The van der Waals surface area contributed by atoms with Gasteiger partial charge < -0.3 is 14.7 Å². The largest absolute Gasteiger partial charge is 0.469 e. The molecule has 0 radical (unpaired) electrons. The Morgan fingerprint density at radius 2 is 1.74 bits per heavy atom. The predicted octanol–water partition coefficient (Wildman–Crippen LogP) is 0.472. The number of nitrogens with zero attached hydrogens (tertiary/aromatic N) is 2. The van der Waals surface area contributed by atoms with Gasteiger partial charge in [-0.1, -0.05) is 12.8 Å². The van der Waals surface area contributed by atoms with Crippen molar-refractivity contribution in [1.82, 2.24) is 9.80 Å². The van der Waals surface area contributed by atoms with Crippen LogP contribution in [0, 0.1) is 0 Å². The molecule has 2 rings (SSSR count). The molecule has 1 heterocycles. The summed E-state index contributed by atoms with van der Waals surface area (Å²) >= 11 is 0. The summed E-state index contributed by atoms with van der Waals surface area (Å²) in [6.45, 7) is 5.54. The number of esters is 1. The Morgan fingerprint density at radius 3 is 2.32 bits per heavy atom. The van der Waals surface area contributed by atoms with Crippen LogP contribution in [0.1, 0.15) is 32.1 Å². The molecule has 5 heteroatoms. The van der Waals surface area contributed by atoms with E-state index in [0.29, 0.717) is 6.42 Å². The van der Waals surface area contributed by atoms with Crippen LogP contribution < -0.4 is 0 Å². The van der Waals surface area contributed by atoms with Crippen LogP contribution in [0.2, 0.25) is 0 Å². The van der Waals surface area contributed by atoms with Crippen molar-refractivity contribution in [1.29, 1.82) is 0 Å². The zero-order valence-corrected chi connectivity index (χ0v) is 11.9. The van der Waals surface area contributed by atoms with Gasteiger partial charge in [-0.25, -0.2) is 0 Å². The Balaban J connectivity index is 1.66. The highest BCUT2D eigenvalue weighted by Crippen LogP contribution is 2.30. The topological polar surface area (TPSA) is 53.0 Å². The fourth-order valence-electron chi connectivity index (χ4n) is 3.13. The standard InChI is InChI=1S/C14H26N2O3/c1-19-13(17)4-7-15-8-10-16(11-9-15)12-14(18)5-2-3-6-14/h18H,2-12H2,1H3. The number of piperazine rings is 1. The van der Waals surface area contributed by atoms with Gasteiger partial charge in [-0.2, -0.15) is 0 Å². The smallest absolute Gasteiger partial charge is 0.306 e. The summed E-state index contributed by atoms with van der Waals surface area (Å²) in [6, 6.07) is 0. The lowest BCUT2D eigenvalue weighted by Crippen LogP contribution is -2.51. The third kappa shape index (κ3) is 4.44. The Kier molecular flexibility index (Phi) is 5.19. The van der Waals surface area contributed by atoms with Crippen LogP contribution in [0.5, 0.6) is 0 Å². The molecule has 2 fully saturated rings. The van der Waals surface area contributed by atoms with Gasteiger partial charge in [-0.05, 0) is 12.8 Å². The SMILES string of the molecule is COC(=O)CCN1CCN(CC2(O)CCCC2)CC1. The molecule has 0 unspecified atom stereocenters. The average molecular weight is 270 g/mol. The molecule has 1 aliphatic carbocycles. The first kappa shape index (κ1) is 14.8. The monoisotopic (exact) mass is 270 g/mol. The molecule has 110 valence electrons. The van der Waals surface area contributed by atoms with Crippen molar-refractivity contribution in [2.75, 3.05) is 46.4 Å². The lowest BCUT2D eigenvalue weighted by molar-refractivity contribution is -0.141. The fourth-order valence-corrected chi connectivity index (χ4v) is 3.13. The molecule has 19 heavy (non-hydrogen) atoms. The van der Waals surface area contributed by atoms with E-state index >= 15 is 0 Å². The molecular formula is C14H26N2O3. The van der Waals surface area contributed by atoms with Gasteiger partial charge in [-0.3, -0.25) is 9.69 Å².